The molecule has 1 aromatic rings. The van der Waals surface area contributed by atoms with E-state index in [9.17, 15) is 37.8 Å². The van der Waals surface area contributed by atoms with Crippen molar-refractivity contribution < 1.29 is 42.5 Å². The fourth-order valence-electron chi connectivity index (χ4n) is 3.65. The Morgan fingerprint density at radius 1 is 1.36 bits per heavy atom. The maximum atomic E-state index is 13.0. The summed E-state index contributed by atoms with van der Waals surface area (Å²) in [5, 5.41) is 30.6. The van der Waals surface area contributed by atoms with Crippen LogP contribution in [0.1, 0.15) is 28.9 Å². The zero-order chi connectivity index (χ0) is 27.1. The Hall–Kier alpha value is -3.01. The van der Waals surface area contributed by atoms with Crippen LogP contribution in [0.5, 0.6) is 0 Å². The average Bonchev–Trinajstić information content (AvgIpc) is 3.31. The molecule has 1 aliphatic carbocycles. The van der Waals surface area contributed by atoms with E-state index in [1.54, 1.807) is 11.4 Å². The van der Waals surface area contributed by atoms with Crippen LogP contribution in [0.25, 0.3) is 0 Å². The first kappa shape index (κ1) is 29.2. The molecule has 36 heavy (non-hydrogen) atoms. The van der Waals surface area contributed by atoms with Crippen molar-refractivity contribution in [2.75, 3.05) is 18.6 Å². The van der Waals surface area contributed by atoms with Gasteiger partial charge in [0.1, 0.15) is 27.6 Å². The number of thiophene rings is 1. The highest BCUT2D eigenvalue weighted by Gasteiger charge is 2.51. The first-order valence-corrected chi connectivity index (χ1v) is 13.8. The number of rotatable bonds is 11. The Bertz CT molecular complexity index is 1080. The molecule has 1 saturated carbocycles. The number of alkyl carbamates (subject to hydrolysis) is 1. The predicted octanol–water partition coefficient (Wildman–Crippen LogP) is -1.58. The van der Waals surface area contributed by atoms with E-state index in [1.807, 2.05) is 0 Å². The quantitative estimate of drug-likeness (QED) is 0.176. The number of carbonyl (C=O) groups is 4. The lowest BCUT2D eigenvalue weighted by Crippen LogP contribution is -2.65. The highest BCUT2D eigenvalue weighted by molar-refractivity contribution is 7.90. The first-order chi connectivity index (χ1) is 16.8. The normalized spacial score (nSPS) is 24.7. The zero-order valence-corrected chi connectivity index (χ0v) is 21.1. The van der Waals surface area contributed by atoms with Crippen molar-refractivity contribution in [3.63, 3.8) is 0 Å². The van der Waals surface area contributed by atoms with Crippen molar-refractivity contribution in [3.05, 3.63) is 35.0 Å². The lowest BCUT2D eigenvalue weighted by atomic mass is 9.77. The second-order valence-electron chi connectivity index (χ2n) is 8.45. The van der Waals surface area contributed by atoms with Crippen molar-refractivity contribution >= 4 is 45.0 Å². The molecule has 1 heterocycles. The van der Waals surface area contributed by atoms with Gasteiger partial charge in [-0.3, -0.25) is 14.4 Å². The highest BCUT2D eigenvalue weighted by atomic mass is 32.2. The first-order valence-electron chi connectivity index (χ1n) is 10.8. The Labute approximate surface area is 212 Å². The van der Waals surface area contributed by atoms with Gasteiger partial charge in [-0.25, -0.2) is 13.2 Å². The summed E-state index contributed by atoms with van der Waals surface area (Å²) in [5.74, 6) is -3.16. The molecular weight excluding hydrogens is 516 g/mol. The molecule has 2 rings (SSSR count). The molecule has 0 aliphatic heterocycles. The molecule has 5 unspecified atom stereocenters. The maximum Gasteiger partial charge on any atom is 0.407 e. The number of sulfone groups is 1. The minimum Gasteiger partial charge on any atom is -0.441 e. The van der Waals surface area contributed by atoms with Crippen LogP contribution in [0.2, 0.25) is 0 Å². The molecule has 0 radical (unpaired) electrons. The molecule has 13 nitrogen and oxygen atoms in total. The van der Waals surface area contributed by atoms with E-state index < -0.39 is 82.1 Å². The molecule has 1 aliphatic rings. The van der Waals surface area contributed by atoms with Crippen LogP contribution in [0.4, 0.5) is 4.79 Å². The lowest BCUT2D eigenvalue weighted by Gasteiger charge is -2.43. The average molecular weight is 547 g/mol. The Morgan fingerprint density at radius 2 is 2.06 bits per heavy atom. The third-order valence-electron chi connectivity index (χ3n) is 5.42. The van der Waals surface area contributed by atoms with Gasteiger partial charge in [0.05, 0.1) is 22.8 Å². The van der Waals surface area contributed by atoms with Crippen LogP contribution in [0, 0.1) is 0 Å². The van der Waals surface area contributed by atoms with E-state index in [2.05, 4.69) is 22.5 Å². The molecule has 7 N–H and O–H groups in total. The Morgan fingerprint density at radius 3 is 2.61 bits per heavy atom. The number of nitrogens with two attached hydrogens (primary N) is 1. The smallest absolute Gasteiger partial charge is 0.407 e. The molecule has 4 amide bonds. The fourth-order valence-corrected chi connectivity index (χ4v) is 4.94. The number of hydrogen-bond donors (Lipinski definition) is 6. The molecule has 0 aromatic carbocycles. The molecule has 0 saturated heterocycles. The highest BCUT2D eigenvalue weighted by Crippen LogP contribution is 2.32. The van der Waals surface area contributed by atoms with Gasteiger partial charge in [-0.05, 0) is 17.9 Å². The van der Waals surface area contributed by atoms with E-state index in [4.69, 9.17) is 10.5 Å². The van der Waals surface area contributed by atoms with Crippen molar-refractivity contribution in [2.45, 2.75) is 49.2 Å². The number of ether oxygens (including phenoxy) is 1. The van der Waals surface area contributed by atoms with E-state index in [-0.39, 0.29) is 13.0 Å². The summed E-state index contributed by atoms with van der Waals surface area (Å²) in [6, 6.07) is 0.545. The molecule has 0 spiro atoms. The van der Waals surface area contributed by atoms with Crippen LogP contribution in [0.15, 0.2) is 30.2 Å². The second kappa shape index (κ2) is 12.3. The largest absolute Gasteiger partial charge is 0.441 e. The monoisotopic (exact) mass is 546 g/mol. The standard InChI is InChI=1S/C21H30N4O9S2/c1-3-7-23-20(30)34-16-13(24-18(28)15-5-4-8-35-15)10-21(31,11-14(16)26)19(29)25-12(17(22)27)6-9-36(2,32)33/h3-5,8,12-14,16,26,31H,1,6-7,9-11H2,2H3,(H2,22,27)(H,23,30)(H,24,28)(H,25,29). The Kier molecular flexibility index (Phi) is 9.98. The fraction of sp³-hybridized carbons (Fsp3) is 0.524. The van der Waals surface area contributed by atoms with E-state index in [1.165, 1.54) is 12.1 Å². The molecule has 5 atom stereocenters. The number of nitrogens with one attached hydrogen (secondary N) is 3. The zero-order valence-electron chi connectivity index (χ0n) is 19.5. The second-order valence-corrected chi connectivity index (χ2v) is 11.7. The van der Waals surface area contributed by atoms with Gasteiger partial charge in [-0.1, -0.05) is 12.1 Å². The van der Waals surface area contributed by atoms with Crippen LogP contribution in [0.3, 0.4) is 0 Å². The molecule has 1 fully saturated rings. The van der Waals surface area contributed by atoms with Gasteiger partial charge in [0.15, 0.2) is 0 Å². The molecule has 0 bridgehead atoms. The summed E-state index contributed by atoms with van der Waals surface area (Å²) >= 11 is 1.12. The van der Waals surface area contributed by atoms with Crippen molar-refractivity contribution in [2.24, 2.45) is 5.73 Å². The third kappa shape index (κ3) is 8.29. The van der Waals surface area contributed by atoms with Crippen molar-refractivity contribution in [3.8, 4) is 0 Å². The van der Waals surface area contributed by atoms with Gasteiger partial charge in [-0.15, -0.1) is 17.9 Å². The molecule has 15 heteroatoms. The van der Waals surface area contributed by atoms with Gasteiger partial charge in [0, 0.05) is 25.6 Å². The Balaban J connectivity index is 2.24. The summed E-state index contributed by atoms with van der Waals surface area (Å²) in [6.45, 7) is 3.53. The van der Waals surface area contributed by atoms with Gasteiger partial charge in [-0.2, -0.15) is 0 Å². The SMILES string of the molecule is C=CCNC(=O)OC1C(O)CC(O)(C(=O)NC(CCS(C)(=O)=O)C(N)=O)CC1NC(=O)c1cccs1. The van der Waals surface area contributed by atoms with Gasteiger partial charge < -0.3 is 36.6 Å². The summed E-state index contributed by atoms with van der Waals surface area (Å²) in [6.07, 6.45) is -2.93. The molecule has 1 aromatic heterocycles. The molecule has 200 valence electrons. The summed E-state index contributed by atoms with van der Waals surface area (Å²) < 4.78 is 28.2. The predicted molar refractivity (Wildman–Crippen MR) is 130 cm³/mol. The van der Waals surface area contributed by atoms with Crippen LogP contribution in [-0.4, -0.2) is 90.9 Å². The van der Waals surface area contributed by atoms with Gasteiger partial charge in [0.2, 0.25) is 5.91 Å². The van der Waals surface area contributed by atoms with Crippen LogP contribution >= 0.6 is 11.3 Å². The van der Waals surface area contributed by atoms with E-state index in [0.29, 0.717) is 4.88 Å². The van der Waals surface area contributed by atoms with E-state index in [0.717, 1.165) is 17.6 Å². The number of primary amides is 1. The number of aliphatic hydroxyl groups excluding tert-OH is 1. The number of hydrogen-bond acceptors (Lipinski definition) is 10. The van der Waals surface area contributed by atoms with Crippen LogP contribution in [-0.2, 0) is 24.2 Å². The molecular formula is C21H30N4O9S2. The maximum absolute atomic E-state index is 13.0. The van der Waals surface area contributed by atoms with Gasteiger partial charge >= 0.3 is 6.09 Å². The number of amides is 4. The lowest BCUT2D eigenvalue weighted by molar-refractivity contribution is -0.159. The minimum atomic E-state index is -3.48. The number of aliphatic hydroxyl groups is 2. The summed E-state index contributed by atoms with van der Waals surface area (Å²) in [5.41, 5.74) is 2.96. The van der Waals surface area contributed by atoms with E-state index >= 15 is 0 Å². The third-order valence-corrected chi connectivity index (χ3v) is 7.27. The number of carbonyl (C=O) groups excluding carboxylic acids is 4. The van der Waals surface area contributed by atoms with Gasteiger partial charge in [0.25, 0.3) is 11.8 Å². The van der Waals surface area contributed by atoms with Crippen LogP contribution < -0.4 is 21.7 Å². The summed E-state index contributed by atoms with van der Waals surface area (Å²) in [7, 11) is -3.48. The summed E-state index contributed by atoms with van der Waals surface area (Å²) in [4.78, 5) is 49.8. The van der Waals surface area contributed by atoms with Crippen molar-refractivity contribution in [1.29, 1.82) is 0 Å². The van der Waals surface area contributed by atoms with Crippen molar-refractivity contribution in [1.82, 2.24) is 16.0 Å². The topological polar surface area (TPSA) is 214 Å². The minimum absolute atomic E-state index is 0.0716.